The maximum atomic E-state index is 12.6. The fraction of sp³-hybridized carbons (Fsp3) is 0.533. The molecule has 1 amide bonds. The van der Waals surface area contributed by atoms with Crippen LogP contribution in [0, 0.1) is 0 Å². The van der Waals surface area contributed by atoms with Crippen LogP contribution >= 0.6 is 0 Å². The zero-order valence-electron chi connectivity index (χ0n) is 11.8. The topological polar surface area (TPSA) is 75.8 Å². The number of rotatable bonds is 4. The fourth-order valence-corrected chi connectivity index (χ4v) is 2.73. The summed E-state index contributed by atoms with van der Waals surface area (Å²) in [6.07, 6.45) is 3.93. The zero-order valence-corrected chi connectivity index (χ0v) is 11.8. The van der Waals surface area contributed by atoms with Crippen molar-refractivity contribution >= 4 is 5.91 Å². The van der Waals surface area contributed by atoms with E-state index in [1.807, 2.05) is 4.90 Å². The fourth-order valence-electron chi connectivity index (χ4n) is 2.73. The van der Waals surface area contributed by atoms with Crippen molar-refractivity contribution in [2.45, 2.75) is 31.7 Å². The number of amides is 1. The van der Waals surface area contributed by atoms with Crippen LogP contribution in [0.1, 0.15) is 36.0 Å². The van der Waals surface area contributed by atoms with E-state index in [-0.39, 0.29) is 17.7 Å². The molecule has 3 N–H and O–H groups in total. The molecule has 1 saturated heterocycles. The Labute approximate surface area is 119 Å². The van der Waals surface area contributed by atoms with E-state index in [0.717, 1.165) is 32.2 Å². The molecule has 0 radical (unpaired) electrons. The Morgan fingerprint density at radius 1 is 1.50 bits per heavy atom. The number of likely N-dealkylation sites (tertiary alicyclic amines) is 1. The predicted octanol–water partition coefficient (Wildman–Crippen LogP) is 1.74. The first-order valence-electron chi connectivity index (χ1n) is 7.05. The number of carbonyl (C=O) groups excluding carboxylic acids is 1. The molecule has 20 heavy (non-hydrogen) atoms. The van der Waals surface area contributed by atoms with E-state index in [4.69, 9.17) is 10.5 Å². The van der Waals surface area contributed by atoms with Gasteiger partial charge in [0, 0.05) is 18.7 Å². The van der Waals surface area contributed by atoms with Crippen LogP contribution in [0.5, 0.6) is 11.5 Å². The number of nitrogens with zero attached hydrogens (tertiary/aromatic N) is 1. The SMILES string of the molecule is COc1ccc(C(=O)N2CCCCC2CCN)c(O)c1. The molecule has 1 atom stereocenters. The molecule has 0 aromatic heterocycles. The van der Waals surface area contributed by atoms with Crippen LogP contribution in [0.4, 0.5) is 0 Å². The Morgan fingerprint density at radius 2 is 2.30 bits per heavy atom. The Bertz CT molecular complexity index is 474. The van der Waals surface area contributed by atoms with E-state index in [9.17, 15) is 9.90 Å². The molecule has 0 aliphatic carbocycles. The molecule has 1 aromatic carbocycles. The highest BCUT2D eigenvalue weighted by molar-refractivity contribution is 5.97. The molecular weight excluding hydrogens is 256 g/mol. The highest BCUT2D eigenvalue weighted by atomic mass is 16.5. The van der Waals surface area contributed by atoms with Crippen molar-refractivity contribution in [3.05, 3.63) is 23.8 Å². The summed E-state index contributed by atoms with van der Waals surface area (Å²) in [5.74, 6) is 0.380. The molecule has 1 aliphatic rings. The van der Waals surface area contributed by atoms with Crippen molar-refractivity contribution in [2.24, 2.45) is 5.73 Å². The summed E-state index contributed by atoms with van der Waals surface area (Å²) < 4.78 is 5.03. The van der Waals surface area contributed by atoms with Crippen LogP contribution in [0.2, 0.25) is 0 Å². The number of benzene rings is 1. The number of piperidine rings is 1. The van der Waals surface area contributed by atoms with Crippen LogP contribution in [-0.4, -0.2) is 42.2 Å². The quantitative estimate of drug-likeness (QED) is 0.879. The lowest BCUT2D eigenvalue weighted by Crippen LogP contribution is -2.44. The molecule has 1 heterocycles. The number of carbonyl (C=O) groups is 1. The highest BCUT2D eigenvalue weighted by Crippen LogP contribution is 2.28. The highest BCUT2D eigenvalue weighted by Gasteiger charge is 2.28. The Morgan fingerprint density at radius 3 is 2.95 bits per heavy atom. The molecule has 110 valence electrons. The van der Waals surface area contributed by atoms with Gasteiger partial charge in [0.25, 0.3) is 5.91 Å². The van der Waals surface area contributed by atoms with Gasteiger partial charge in [-0.05, 0) is 44.4 Å². The lowest BCUT2D eigenvalue weighted by molar-refractivity contribution is 0.0602. The van der Waals surface area contributed by atoms with Crippen molar-refractivity contribution in [1.82, 2.24) is 4.90 Å². The Balaban J connectivity index is 2.20. The molecule has 5 nitrogen and oxygen atoms in total. The number of aromatic hydroxyl groups is 1. The van der Waals surface area contributed by atoms with E-state index in [2.05, 4.69) is 0 Å². The van der Waals surface area contributed by atoms with Gasteiger partial charge in [-0.1, -0.05) is 0 Å². The van der Waals surface area contributed by atoms with Gasteiger partial charge in [-0.15, -0.1) is 0 Å². The van der Waals surface area contributed by atoms with Gasteiger partial charge in [-0.25, -0.2) is 0 Å². The van der Waals surface area contributed by atoms with Gasteiger partial charge in [0.1, 0.15) is 11.5 Å². The second-order valence-electron chi connectivity index (χ2n) is 5.11. The third-order valence-electron chi connectivity index (χ3n) is 3.82. The second kappa shape index (κ2) is 6.61. The van der Waals surface area contributed by atoms with E-state index < -0.39 is 0 Å². The third-order valence-corrected chi connectivity index (χ3v) is 3.82. The van der Waals surface area contributed by atoms with Gasteiger partial charge in [-0.2, -0.15) is 0 Å². The summed E-state index contributed by atoms with van der Waals surface area (Å²) in [4.78, 5) is 14.4. The first-order valence-corrected chi connectivity index (χ1v) is 7.05. The van der Waals surface area contributed by atoms with E-state index in [0.29, 0.717) is 17.9 Å². The van der Waals surface area contributed by atoms with Crippen LogP contribution in [-0.2, 0) is 0 Å². The number of hydrogen-bond donors (Lipinski definition) is 2. The van der Waals surface area contributed by atoms with Gasteiger partial charge < -0.3 is 20.5 Å². The third kappa shape index (κ3) is 3.04. The minimum atomic E-state index is -0.122. The molecule has 2 rings (SSSR count). The summed E-state index contributed by atoms with van der Waals surface area (Å²) in [5.41, 5.74) is 5.95. The first-order chi connectivity index (χ1) is 9.67. The largest absolute Gasteiger partial charge is 0.507 e. The number of phenols is 1. The summed E-state index contributed by atoms with van der Waals surface area (Å²) in [5, 5.41) is 9.99. The molecule has 0 saturated carbocycles. The molecule has 1 aromatic rings. The van der Waals surface area contributed by atoms with Gasteiger partial charge in [0.2, 0.25) is 0 Å². The van der Waals surface area contributed by atoms with Gasteiger partial charge in [0.15, 0.2) is 0 Å². The van der Waals surface area contributed by atoms with Crippen molar-refractivity contribution in [3.63, 3.8) is 0 Å². The number of phenolic OH excluding ortho intramolecular Hbond substituents is 1. The van der Waals surface area contributed by atoms with Crippen molar-refractivity contribution in [3.8, 4) is 11.5 Å². The molecule has 0 bridgehead atoms. The van der Waals surface area contributed by atoms with Crippen LogP contribution in [0.25, 0.3) is 0 Å². The van der Waals surface area contributed by atoms with Crippen LogP contribution < -0.4 is 10.5 Å². The van der Waals surface area contributed by atoms with Crippen molar-refractivity contribution in [2.75, 3.05) is 20.2 Å². The number of hydrogen-bond acceptors (Lipinski definition) is 4. The second-order valence-corrected chi connectivity index (χ2v) is 5.11. The monoisotopic (exact) mass is 278 g/mol. The molecule has 5 heteroatoms. The van der Waals surface area contributed by atoms with Gasteiger partial charge in [-0.3, -0.25) is 4.79 Å². The molecular formula is C15H22N2O3. The van der Waals surface area contributed by atoms with E-state index in [1.165, 1.54) is 13.2 Å². The zero-order chi connectivity index (χ0) is 14.5. The first kappa shape index (κ1) is 14.7. The molecule has 1 aliphatic heterocycles. The van der Waals surface area contributed by atoms with Crippen molar-refractivity contribution in [1.29, 1.82) is 0 Å². The number of methoxy groups -OCH3 is 1. The normalized spacial score (nSPS) is 18.9. The summed E-state index contributed by atoms with van der Waals surface area (Å²) in [7, 11) is 1.53. The van der Waals surface area contributed by atoms with Gasteiger partial charge in [0.05, 0.1) is 12.7 Å². The van der Waals surface area contributed by atoms with Crippen LogP contribution in [0.3, 0.4) is 0 Å². The standard InChI is InChI=1S/C15H22N2O3/c1-20-12-5-6-13(14(18)10-12)15(19)17-9-3-2-4-11(17)7-8-16/h5-6,10-11,18H,2-4,7-9,16H2,1H3. The van der Waals surface area contributed by atoms with Gasteiger partial charge >= 0.3 is 0 Å². The van der Waals surface area contributed by atoms with Crippen molar-refractivity contribution < 1.29 is 14.6 Å². The predicted molar refractivity (Wildman–Crippen MR) is 77.0 cm³/mol. The van der Waals surface area contributed by atoms with E-state index >= 15 is 0 Å². The molecule has 0 spiro atoms. The summed E-state index contributed by atoms with van der Waals surface area (Å²) in [6, 6.07) is 4.96. The minimum Gasteiger partial charge on any atom is -0.507 e. The van der Waals surface area contributed by atoms with E-state index in [1.54, 1.807) is 12.1 Å². The van der Waals surface area contributed by atoms with Crippen LogP contribution in [0.15, 0.2) is 18.2 Å². The molecule has 1 fully saturated rings. The summed E-state index contributed by atoms with van der Waals surface area (Å²) >= 11 is 0. The number of nitrogens with two attached hydrogens (primary N) is 1. The summed E-state index contributed by atoms with van der Waals surface area (Å²) in [6.45, 7) is 1.30. The Kier molecular flexibility index (Phi) is 4.84. The average molecular weight is 278 g/mol. The lowest BCUT2D eigenvalue weighted by Gasteiger charge is -2.35. The maximum absolute atomic E-state index is 12.6. The molecule has 1 unspecified atom stereocenters. The lowest BCUT2D eigenvalue weighted by atomic mass is 9.98. The number of ether oxygens (including phenoxy) is 1. The Hall–Kier alpha value is -1.75. The smallest absolute Gasteiger partial charge is 0.257 e. The average Bonchev–Trinajstić information content (AvgIpc) is 2.47. The minimum absolute atomic E-state index is 0.0357. The maximum Gasteiger partial charge on any atom is 0.257 e.